The smallest absolute Gasteiger partial charge is 0.403 e. The molecular weight excluding hydrogens is 361 g/mol. The van der Waals surface area contributed by atoms with Gasteiger partial charge in [-0.3, -0.25) is 9.89 Å². The topological polar surface area (TPSA) is 57.2 Å². The SMILES string of the molecule is CN=C(NCc1ccc(C(=O)OC)cc1)N1CCN(C(C)C(F)(F)F)CC1. The average Bonchev–Trinajstić information content (AvgIpc) is 2.67. The van der Waals surface area contributed by atoms with E-state index in [1.54, 1.807) is 19.2 Å². The Balaban J connectivity index is 1.87. The van der Waals surface area contributed by atoms with E-state index in [9.17, 15) is 18.0 Å². The molecule has 1 fully saturated rings. The van der Waals surface area contributed by atoms with Gasteiger partial charge in [-0.2, -0.15) is 13.2 Å². The number of hydrogen-bond donors (Lipinski definition) is 1. The molecule has 6 nitrogen and oxygen atoms in total. The Morgan fingerprint density at radius 1 is 1.22 bits per heavy atom. The minimum atomic E-state index is -4.21. The van der Waals surface area contributed by atoms with Crippen LogP contribution in [0.1, 0.15) is 22.8 Å². The molecule has 27 heavy (non-hydrogen) atoms. The van der Waals surface area contributed by atoms with Gasteiger partial charge >= 0.3 is 12.1 Å². The van der Waals surface area contributed by atoms with Gasteiger partial charge in [0.05, 0.1) is 12.7 Å². The van der Waals surface area contributed by atoms with E-state index in [1.807, 2.05) is 17.0 Å². The normalized spacial score (nSPS) is 17.6. The number of esters is 1. The lowest BCUT2D eigenvalue weighted by Gasteiger charge is -2.39. The number of hydrogen-bond acceptors (Lipinski definition) is 4. The van der Waals surface area contributed by atoms with Gasteiger partial charge in [-0.25, -0.2) is 4.79 Å². The van der Waals surface area contributed by atoms with Crippen LogP contribution in [0, 0.1) is 0 Å². The molecule has 1 unspecified atom stereocenters. The Bertz CT molecular complexity index is 654. The Labute approximate surface area is 157 Å². The summed E-state index contributed by atoms with van der Waals surface area (Å²) in [7, 11) is 2.98. The molecular formula is C18H25F3N4O2. The number of nitrogens with one attached hydrogen (secondary N) is 1. The van der Waals surface area contributed by atoms with Crippen LogP contribution in [0.2, 0.25) is 0 Å². The first-order valence-electron chi connectivity index (χ1n) is 8.70. The molecule has 1 aliphatic heterocycles. The summed E-state index contributed by atoms with van der Waals surface area (Å²) in [5.74, 6) is 0.252. The maximum atomic E-state index is 12.8. The second-order valence-electron chi connectivity index (χ2n) is 6.33. The second kappa shape index (κ2) is 9.07. The number of benzene rings is 1. The lowest BCUT2D eigenvalue weighted by Crippen LogP contribution is -2.56. The number of methoxy groups -OCH3 is 1. The highest BCUT2D eigenvalue weighted by Gasteiger charge is 2.41. The van der Waals surface area contributed by atoms with Gasteiger partial charge in [0.1, 0.15) is 6.04 Å². The highest BCUT2D eigenvalue weighted by atomic mass is 19.4. The van der Waals surface area contributed by atoms with E-state index >= 15 is 0 Å². The molecule has 1 aliphatic rings. The van der Waals surface area contributed by atoms with Crippen molar-refractivity contribution in [3.8, 4) is 0 Å². The van der Waals surface area contributed by atoms with Gasteiger partial charge in [0.15, 0.2) is 5.96 Å². The quantitative estimate of drug-likeness (QED) is 0.488. The summed E-state index contributed by atoms with van der Waals surface area (Å²) in [5.41, 5.74) is 1.42. The van der Waals surface area contributed by atoms with Crippen molar-refractivity contribution in [2.75, 3.05) is 40.3 Å². The number of ether oxygens (including phenoxy) is 1. The van der Waals surface area contributed by atoms with Crippen LogP contribution in [-0.2, 0) is 11.3 Å². The molecule has 0 bridgehead atoms. The van der Waals surface area contributed by atoms with E-state index in [0.717, 1.165) is 5.56 Å². The van der Waals surface area contributed by atoms with E-state index in [1.165, 1.54) is 18.9 Å². The maximum Gasteiger partial charge on any atom is 0.403 e. The zero-order valence-corrected chi connectivity index (χ0v) is 15.7. The number of carbonyl (C=O) groups excluding carboxylic acids is 1. The Kier molecular flexibility index (Phi) is 7.06. The molecule has 1 atom stereocenters. The molecule has 1 heterocycles. The van der Waals surface area contributed by atoms with Crippen molar-refractivity contribution in [3.05, 3.63) is 35.4 Å². The summed E-state index contributed by atoms with van der Waals surface area (Å²) in [6, 6.07) is 5.56. The largest absolute Gasteiger partial charge is 0.465 e. The van der Waals surface area contributed by atoms with Crippen molar-refractivity contribution in [2.24, 2.45) is 4.99 Å². The molecule has 0 radical (unpaired) electrons. The summed E-state index contributed by atoms with van der Waals surface area (Å²) < 4.78 is 43.2. The lowest BCUT2D eigenvalue weighted by atomic mass is 10.1. The van der Waals surface area contributed by atoms with Crippen LogP contribution in [0.25, 0.3) is 0 Å². The molecule has 0 saturated carbocycles. The van der Waals surface area contributed by atoms with Gasteiger partial charge in [-0.05, 0) is 24.6 Å². The van der Waals surface area contributed by atoms with Crippen molar-refractivity contribution >= 4 is 11.9 Å². The van der Waals surface area contributed by atoms with Crippen LogP contribution in [0.4, 0.5) is 13.2 Å². The molecule has 150 valence electrons. The molecule has 1 N–H and O–H groups in total. The monoisotopic (exact) mass is 386 g/mol. The Morgan fingerprint density at radius 3 is 2.30 bits per heavy atom. The van der Waals surface area contributed by atoms with Crippen molar-refractivity contribution < 1.29 is 22.7 Å². The van der Waals surface area contributed by atoms with E-state index in [2.05, 4.69) is 15.0 Å². The standard InChI is InChI=1S/C18H25F3N4O2/c1-13(18(19,20)21)24-8-10-25(11-9-24)17(22-2)23-12-14-4-6-15(7-5-14)16(26)27-3/h4-7,13H,8-12H2,1-3H3,(H,22,23). The van der Waals surface area contributed by atoms with E-state index < -0.39 is 18.2 Å². The minimum absolute atomic E-state index is 0.329. The molecule has 1 aromatic rings. The number of aliphatic imine (C=N–C) groups is 1. The lowest BCUT2D eigenvalue weighted by molar-refractivity contribution is -0.181. The Morgan fingerprint density at radius 2 is 1.81 bits per heavy atom. The fraction of sp³-hybridized carbons (Fsp3) is 0.556. The number of carbonyl (C=O) groups is 1. The van der Waals surface area contributed by atoms with Crippen molar-refractivity contribution in [2.45, 2.75) is 25.7 Å². The van der Waals surface area contributed by atoms with Crippen LogP contribution >= 0.6 is 0 Å². The van der Waals surface area contributed by atoms with Crippen molar-refractivity contribution in [3.63, 3.8) is 0 Å². The summed E-state index contributed by atoms with van der Waals surface area (Å²) in [5, 5.41) is 3.21. The van der Waals surface area contributed by atoms with Gasteiger partial charge < -0.3 is 15.0 Å². The van der Waals surface area contributed by atoms with E-state index in [-0.39, 0.29) is 0 Å². The van der Waals surface area contributed by atoms with Gasteiger partial charge in [-0.15, -0.1) is 0 Å². The summed E-state index contributed by atoms with van der Waals surface area (Å²) in [6.45, 7) is 3.29. The van der Waals surface area contributed by atoms with Gasteiger partial charge in [0.25, 0.3) is 0 Å². The van der Waals surface area contributed by atoms with Gasteiger partial charge in [0, 0.05) is 39.8 Å². The highest BCUT2D eigenvalue weighted by Crippen LogP contribution is 2.25. The zero-order chi connectivity index (χ0) is 20.0. The Hall–Kier alpha value is -2.29. The summed E-state index contributed by atoms with van der Waals surface area (Å²) >= 11 is 0. The third kappa shape index (κ3) is 5.59. The third-order valence-electron chi connectivity index (χ3n) is 4.67. The fourth-order valence-corrected chi connectivity index (χ4v) is 2.92. The first kappa shape index (κ1) is 21.0. The molecule has 0 aliphatic carbocycles. The molecule has 0 amide bonds. The first-order chi connectivity index (χ1) is 12.8. The highest BCUT2D eigenvalue weighted by molar-refractivity contribution is 5.89. The third-order valence-corrected chi connectivity index (χ3v) is 4.67. The molecule has 0 spiro atoms. The molecule has 9 heteroatoms. The molecule has 2 rings (SSSR count). The fourth-order valence-electron chi connectivity index (χ4n) is 2.92. The van der Waals surface area contributed by atoms with Gasteiger partial charge in [0.2, 0.25) is 0 Å². The summed E-state index contributed by atoms with van der Waals surface area (Å²) in [6.07, 6.45) is -4.21. The van der Waals surface area contributed by atoms with Crippen molar-refractivity contribution in [1.82, 2.24) is 15.1 Å². The van der Waals surface area contributed by atoms with Crippen LogP contribution in [0.3, 0.4) is 0 Å². The maximum absolute atomic E-state index is 12.8. The zero-order valence-electron chi connectivity index (χ0n) is 15.7. The van der Waals surface area contributed by atoms with E-state index in [4.69, 9.17) is 0 Å². The first-order valence-corrected chi connectivity index (χ1v) is 8.70. The molecule has 1 saturated heterocycles. The minimum Gasteiger partial charge on any atom is -0.465 e. The predicted octanol–water partition coefficient (Wildman–Crippen LogP) is 2.12. The predicted molar refractivity (Wildman–Crippen MR) is 96.6 cm³/mol. The second-order valence-corrected chi connectivity index (χ2v) is 6.33. The number of halogens is 3. The van der Waals surface area contributed by atoms with Crippen LogP contribution in [0.5, 0.6) is 0 Å². The number of guanidine groups is 1. The number of piperazine rings is 1. The summed E-state index contributed by atoms with van der Waals surface area (Å²) in [4.78, 5) is 19.0. The van der Waals surface area contributed by atoms with Gasteiger partial charge in [-0.1, -0.05) is 12.1 Å². The average molecular weight is 386 g/mol. The van der Waals surface area contributed by atoms with Crippen molar-refractivity contribution in [1.29, 1.82) is 0 Å². The van der Waals surface area contributed by atoms with E-state index in [0.29, 0.717) is 44.2 Å². The number of nitrogens with zero attached hydrogens (tertiary/aromatic N) is 3. The number of rotatable bonds is 4. The van der Waals surface area contributed by atoms with Crippen LogP contribution in [-0.4, -0.2) is 74.3 Å². The number of alkyl halides is 3. The van der Waals surface area contributed by atoms with Crippen LogP contribution in [0.15, 0.2) is 29.3 Å². The molecule has 0 aromatic heterocycles. The van der Waals surface area contributed by atoms with Crippen LogP contribution < -0.4 is 5.32 Å². The molecule has 1 aromatic carbocycles.